The first-order valence-electron chi connectivity index (χ1n) is 13.6. The Hall–Kier alpha value is -0.120. The van der Waals surface area contributed by atoms with Crippen LogP contribution in [0.25, 0.3) is 0 Å². The van der Waals surface area contributed by atoms with Gasteiger partial charge in [0.15, 0.2) is 0 Å². The lowest BCUT2D eigenvalue weighted by molar-refractivity contribution is -0.893. The van der Waals surface area contributed by atoms with Crippen molar-refractivity contribution in [1.82, 2.24) is 0 Å². The van der Waals surface area contributed by atoms with Crippen molar-refractivity contribution < 1.29 is 14.3 Å². The molecule has 3 heteroatoms. The van der Waals surface area contributed by atoms with Gasteiger partial charge in [0.2, 0.25) is 0 Å². The molecule has 0 aromatic rings. The van der Waals surface area contributed by atoms with E-state index in [0.717, 1.165) is 30.6 Å². The van der Waals surface area contributed by atoms with Gasteiger partial charge in [0, 0.05) is 6.61 Å². The molecule has 1 atom stereocenters. The van der Waals surface area contributed by atoms with Crippen molar-refractivity contribution in [3.05, 3.63) is 0 Å². The number of hydrogen-bond acceptors (Lipinski definition) is 2. The fraction of sp³-hybridized carbons (Fsp3) is 1.00. The standard InChI is InChI=1S/C27H58NO2/c1-5-7-9-11-13-15-16-18-20-22-24-30-26-27(29)25-28(3,4)23-21-19-17-14-12-10-8-6-2/h27,29H,5-26H2,1-4H3/q+1. The lowest BCUT2D eigenvalue weighted by atomic mass is 10.1. The highest BCUT2D eigenvalue weighted by Gasteiger charge is 2.20. The molecule has 0 bridgehead atoms. The van der Waals surface area contributed by atoms with Gasteiger partial charge in [0.25, 0.3) is 0 Å². The van der Waals surface area contributed by atoms with Crippen LogP contribution >= 0.6 is 0 Å². The predicted octanol–water partition coefficient (Wildman–Crippen LogP) is 7.50. The maximum atomic E-state index is 10.3. The zero-order valence-electron chi connectivity index (χ0n) is 21.4. The molecule has 0 fully saturated rings. The summed E-state index contributed by atoms with van der Waals surface area (Å²) in [5, 5.41) is 10.3. The van der Waals surface area contributed by atoms with Gasteiger partial charge in [-0.05, 0) is 19.3 Å². The second-order valence-corrected chi connectivity index (χ2v) is 10.2. The highest BCUT2D eigenvalue weighted by molar-refractivity contribution is 4.54. The van der Waals surface area contributed by atoms with E-state index in [-0.39, 0.29) is 6.10 Å². The first kappa shape index (κ1) is 29.9. The zero-order valence-corrected chi connectivity index (χ0v) is 21.4. The number of aliphatic hydroxyl groups is 1. The zero-order chi connectivity index (χ0) is 22.3. The van der Waals surface area contributed by atoms with Crippen molar-refractivity contribution >= 4 is 0 Å². The Bertz CT molecular complexity index is 333. The predicted molar refractivity (Wildman–Crippen MR) is 133 cm³/mol. The van der Waals surface area contributed by atoms with Crippen LogP contribution in [0.4, 0.5) is 0 Å². The quantitative estimate of drug-likeness (QED) is 0.127. The number of unbranched alkanes of at least 4 members (excludes halogenated alkanes) is 16. The first-order valence-corrected chi connectivity index (χ1v) is 13.6. The van der Waals surface area contributed by atoms with E-state index in [1.165, 1.54) is 109 Å². The first-order chi connectivity index (χ1) is 14.5. The molecule has 0 spiro atoms. The molecule has 30 heavy (non-hydrogen) atoms. The van der Waals surface area contributed by atoms with Crippen molar-refractivity contribution in [2.45, 2.75) is 136 Å². The molecular formula is C27H58NO2+. The van der Waals surface area contributed by atoms with Gasteiger partial charge in [0.05, 0.1) is 27.2 Å². The second-order valence-electron chi connectivity index (χ2n) is 10.2. The molecule has 1 unspecified atom stereocenters. The summed E-state index contributed by atoms with van der Waals surface area (Å²) in [6, 6.07) is 0. The van der Waals surface area contributed by atoms with Gasteiger partial charge in [-0.3, -0.25) is 0 Å². The third kappa shape index (κ3) is 22.6. The summed E-state index contributed by atoms with van der Waals surface area (Å²) in [6.45, 7) is 7.81. The molecule has 1 N–H and O–H groups in total. The highest BCUT2D eigenvalue weighted by atomic mass is 16.5. The average molecular weight is 429 g/mol. The van der Waals surface area contributed by atoms with E-state index in [2.05, 4.69) is 27.9 Å². The Morgan fingerprint density at radius 3 is 1.47 bits per heavy atom. The highest BCUT2D eigenvalue weighted by Crippen LogP contribution is 2.12. The third-order valence-corrected chi connectivity index (χ3v) is 6.27. The van der Waals surface area contributed by atoms with Gasteiger partial charge >= 0.3 is 0 Å². The Morgan fingerprint density at radius 1 is 0.600 bits per heavy atom. The normalized spacial score (nSPS) is 13.1. The summed E-state index contributed by atoms with van der Waals surface area (Å²) in [7, 11) is 4.49. The van der Waals surface area contributed by atoms with Gasteiger partial charge in [0.1, 0.15) is 12.6 Å². The number of rotatable bonds is 24. The van der Waals surface area contributed by atoms with Crippen LogP contribution in [0.15, 0.2) is 0 Å². The maximum absolute atomic E-state index is 10.3. The Balaban J connectivity index is 3.45. The molecule has 0 radical (unpaired) electrons. The van der Waals surface area contributed by atoms with Crippen LogP contribution in [0, 0.1) is 0 Å². The molecule has 182 valence electrons. The Kier molecular flexibility index (Phi) is 22.0. The average Bonchev–Trinajstić information content (AvgIpc) is 2.70. The number of quaternary nitrogens is 1. The molecule has 0 aliphatic rings. The van der Waals surface area contributed by atoms with Crippen molar-refractivity contribution in [3.8, 4) is 0 Å². The largest absolute Gasteiger partial charge is 0.385 e. The summed E-state index contributed by atoms with van der Waals surface area (Å²) >= 11 is 0. The van der Waals surface area contributed by atoms with Gasteiger partial charge < -0.3 is 14.3 Å². The van der Waals surface area contributed by atoms with Gasteiger partial charge in [-0.2, -0.15) is 0 Å². The van der Waals surface area contributed by atoms with E-state index in [0.29, 0.717) is 6.61 Å². The molecule has 0 amide bonds. The molecule has 3 nitrogen and oxygen atoms in total. The minimum atomic E-state index is -0.336. The van der Waals surface area contributed by atoms with Gasteiger partial charge in [-0.15, -0.1) is 0 Å². The lowest BCUT2D eigenvalue weighted by Crippen LogP contribution is -2.47. The van der Waals surface area contributed by atoms with Gasteiger partial charge in [-0.1, -0.05) is 110 Å². The number of nitrogens with zero attached hydrogens (tertiary/aromatic N) is 1. The third-order valence-electron chi connectivity index (χ3n) is 6.27. The summed E-state index contributed by atoms with van der Waals surface area (Å²) in [5.74, 6) is 0. The smallest absolute Gasteiger partial charge is 0.126 e. The molecule has 0 aromatic heterocycles. The fourth-order valence-electron chi connectivity index (χ4n) is 4.30. The summed E-state index contributed by atoms with van der Waals surface area (Å²) < 4.78 is 6.64. The van der Waals surface area contributed by atoms with E-state index in [4.69, 9.17) is 4.74 Å². The van der Waals surface area contributed by atoms with Crippen LogP contribution in [-0.2, 0) is 4.74 Å². The van der Waals surface area contributed by atoms with E-state index < -0.39 is 0 Å². The lowest BCUT2D eigenvalue weighted by Gasteiger charge is -2.32. The molecule has 0 saturated carbocycles. The molecular weight excluding hydrogens is 370 g/mol. The topological polar surface area (TPSA) is 29.5 Å². The number of likely N-dealkylation sites (N-methyl/N-ethyl adjacent to an activating group) is 1. The molecule has 0 heterocycles. The van der Waals surface area contributed by atoms with Crippen LogP contribution in [0.1, 0.15) is 129 Å². The summed E-state index contributed by atoms with van der Waals surface area (Å²) in [4.78, 5) is 0. The molecule has 0 aliphatic carbocycles. The SMILES string of the molecule is CCCCCCCCCCCCOCC(O)C[N+](C)(C)CCCCCCCCCC. The van der Waals surface area contributed by atoms with Crippen LogP contribution < -0.4 is 0 Å². The van der Waals surface area contributed by atoms with Crippen molar-refractivity contribution in [1.29, 1.82) is 0 Å². The fourth-order valence-corrected chi connectivity index (χ4v) is 4.30. The van der Waals surface area contributed by atoms with Crippen molar-refractivity contribution in [2.24, 2.45) is 0 Å². The Labute approximate surface area is 190 Å². The van der Waals surface area contributed by atoms with Crippen LogP contribution in [0.5, 0.6) is 0 Å². The van der Waals surface area contributed by atoms with Crippen molar-refractivity contribution in [2.75, 3.05) is 40.4 Å². The second kappa shape index (κ2) is 22.1. The minimum absolute atomic E-state index is 0.336. The number of aliphatic hydroxyl groups excluding tert-OH is 1. The number of ether oxygens (including phenoxy) is 1. The van der Waals surface area contributed by atoms with E-state index in [1.54, 1.807) is 0 Å². The van der Waals surface area contributed by atoms with E-state index in [1.807, 2.05) is 0 Å². The van der Waals surface area contributed by atoms with E-state index >= 15 is 0 Å². The van der Waals surface area contributed by atoms with E-state index in [9.17, 15) is 5.11 Å². The monoisotopic (exact) mass is 428 g/mol. The van der Waals surface area contributed by atoms with Gasteiger partial charge in [-0.25, -0.2) is 0 Å². The number of hydrogen-bond donors (Lipinski definition) is 1. The molecule has 0 rings (SSSR count). The van der Waals surface area contributed by atoms with Crippen LogP contribution in [0.3, 0.4) is 0 Å². The Morgan fingerprint density at radius 2 is 1.00 bits per heavy atom. The van der Waals surface area contributed by atoms with Crippen LogP contribution in [0.2, 0.25) is 0 Å². The van der Waals surface area contributed by atoms with Crippen LogP contribution in [-0.4, -0.2) is 56.1 Å². The van der Waals surface area contributed by atoms with Crippen molar-refractivity contribution in [3.63, 3.8) is 0 Å². The summed E-state index contributed by atoms with van der Waals surface area (Å²) in [5.41, 5.74) is 0. The minimum Gasteiger partial charge on any atom is -0.385 e. The molecule has 0 saturated heterocycles. The molecule has 0 aromatic carbocycles. The maximum Gasteiger partial charge on any atom is 0.126 e. The molecule has 0 aliphatic heterocycles. The summed E-state index contributed by atoms with van der Waals surface area (Å²) in [6.07, 6.45) is 24.1.